The Morgan fingerprint density at radius 2 is 1.92 bits per heavy atom. The molecule has 26 heavy (non-hydrogen) atoms. The van der Waals surface area contributed by atoms with Crippen LogP contribution in [0.5, 0.6) is 0 Å². The first-order valence-electron chi connectivity index (χ1n) is 9.07. The molecule has 1 saturated heterocycles. The van der Waals surface area contributed by atoms with E-state index in [1.165, 1.54) is 19.1 Å². The summed E-state index contributed by atoms with van der Waals surface area (Å²) in [6.45, 7) is 4.22. The van der Waals surface area contributed by atoms with Crippen LogP contribution in [0.15, 0.2) is 47.1 Å². The number of nitrogens with one attached hydrogen (secondary N) is 3. The topological polar surface area (TPSA) is 83.4 Å². The fraction of sp³-hybridized carbons (Fsp3) is 0.400. The summed E-state index contributed by atoms with van der Waals surface area (Å²) in [5.74, 6) is 0.897. The Hall–Kier alpha value is -2.60. The van der Waals surface area contributed by atoms with E-state index in [-0.39, 0.29) is 17.6 Å². The second kappa shape index (κ2) is 8.67. The standard InChI is InChI=1S/C20H25N3O3/c1-14(15-4-2-10-21-13-15)12-19(24)22-16-6-8-17(9-7-16)23-20(25)18-5-3-11-26-18/h3,5-9,11,14-15,21H,2,4,10,12-13H2,1H3,(H,22,24)(H,23,25). The number of carbonyl (C=O) groups excluding carboxylic acids is 2. The second-order valence-corrected chi connectivity index (χ2v) is 6.84. The van der Waals surface area contributed by atoms with Crippen molar-refractivity contribution in [3.05, 3.63) is 48.4 Å². The van der Waals surface area contributed by atoms with Crippen LogP contribution in [0, 0.1) is 11.8 Å². The summed E-state index contributed by atoms with van der Waals surface area (Å²) >= 11 is 0. The number of hydrogen-bond donors (Lipinski definition) is 3. The van der Waals surface area contributed by atoms with Crippen molar-refractivity contribution in [2.24, 2.45) is 11.8 Å². The predicted molar refractivity (Wildman–Crippen MR) is 101 cm³/mol. The van der Waals surface area contributed by atoms with E-state index >= 15 is 0 Å². The van der Waals surface area contributed by atoms with Gasteiger partial charge in [0.25, 0.3) is 5.91 Å². The normalized spacial score (nSPS) is 18.1. The lowest BCUT2D eigenvalue weighted by atomic mass is 9.85. The van der Waals surface area contributed by atoms with Crippen LogP contribution in [0.25, 0.3) is 0 Å². The zero-order valence-electron chi connectivity index (χ0n) is 15.0. The lowest BCUT2D eigenvalue weighted by Crippen LogP contribution is -2.34. The van der Waals surface area contributed by atoms with E-state index in [9.17, 15) is 9.59 Å². The van der Waals surface area contributed by atoms with Gasteiger partial charge < -0.3 is 20.4 Å². The Labute approximate surface area is 153 Å². The molecule has 138 valence electrons. The van der Waals surface area contributed by atoms with Gasteiger partial charge in [-0.05, 0) is 74.2 Å². The SMILES string of the molecule is CC(CC(=O)Nc1ccc(NC(=O)c2ccco2)cc1)C1CCCNC1. The minimum atomic E-state index is -0.304. The van der Waals surface area contributed by atoms with E-state index in [0.717, 1.165) is 18.8 Å². The van der Waals surface area contributed by atoms with Gasteiger partial charge in [0.05, 0.1) is 6.26 Å². The molecule has 2 unspecified atom stereocenters. The van der Waals surface area contributed by atoms with Crippen LogP contribution in [0.3, 0.4) is 0 Å². The van der Waals surface area contributed by atoms with E-state index in [4.69, 9.17) is 4.42 Å². The predicted octanol–water partition coefficient (Wildman–Crippen LogP) is 3.50. The average molecular weight is 355 g/mol. The van der Waals surface area contributed by atoms with Gasteiger partial charge in [-0.15, -0.1) is 0 Å². The van der Waals surface area contributed by atoms with Gasteiger partial charge in [-0.1, -0.05) is 6.92 Å². The average Bonchev–Trinajstić information content (AvgIpc) is 3.19. The van der Waals surface area contributed by atoms with Gasteiger partial charge in [-0.2, -0.15) is 0 Å². The highest BCUT2D eigenvalue weighted by molar-refractivity contribution is 6.02. The van der Waals surface area contributed by atoms with E-state index < -0.39 is 0 Å². The van der Waals surface area contributed by atoms with Gasteiger partial charge in [-0.3, -0.25) is 9.59 Å². The number of piperidine rings is 1. The summed E-state index contributed by atoms with van der Waals surface area (Å²) in [5, 5.41) is 9.07. The molecule has 3 rings (SSSR count). The van der Waals surface area contributed by atoms with Crippen molar-refractivity contribution in [2.45, 2.75) is 26.2 Å². The number of hydrogen-bond acceptors (Lipinski definition) is 4. The van der Waals surface area contributed by atoms with Crippen LogP contribution in [0.1, 0.15) is 36.7 Å². The van der Waals surface area contributed by atoms with Crippen molar-refractivity contribution >= 4 is 23.2 Å². The first-order valence-corrected chi connectivity index (χ1v) is 9.07. The number of anilines is 2. The maximum absolute atomic E-state index is 12.3. The van der Waals surface area contributed by atoms with Crippen LogP contribution >= 0.6 is 0 Å². The summed E-state index contributed by atoms with van der Waals surface area (Å²) in [6, 6.07) is 10.3. The minimum Gasteiger partial charge on any atom is -0.459 e. The first kappa shape index (κ1) is 18.2. The number of benzene rings is 1. The van der Waals surface area contributed by atoms with Crippen molar-refractivity contribution in [1.29, 1.82) is 0 Å². The molecule has 1 aliphatic heterocycles. The molecule has 1 aromatic carbocycles. The maximum atomic E-state index is 12.3. The Kier molecular flexibility index (Phi) is 6.07. The van der Waals surface area contributed by atoms with Crippen LogP contribution in [-0.2, 0) is 4.79 Å². The summed E-state index contributed by atoms with van der Waals surface area (Å²) in [6.07, 6.45) is 4.34. The molecule has 0 aliphatic carbocycles. The lowest BCUT2D eigenvalue weighted by Gasteiger charge is -2.28. The van der Waals surface area contributed by atoms with E-state index in [1.54, 1.807) is 36.4 Å². The van der Waals surface area contributed by atoms with Gasteiger partial charge in [0, 0.05) is 17.8 Å². The number of furan rings is 1. The number of amides is 2. The van der Waals surface area contributed by atoms with Crippen LogP contribution in [0.4, 0.5) is 11.4 Å². The van der Waals surface area contributed by atoms with Gasteiger partial charge in [-0.25, -0.2) is 0 Å². The summed E-state index contributed by atoms with van der Waals surface area (Å²) in [4.78, 5) is 24.2. The van der Waals surface area contributed by atoms with Crippen LogP contribution in [-0.4, -0.2) is 24.9 Å². The third-order valence-corrected chi connectivity index (χ3v) is 4.82. The Balaban J connectivity index is 1.48. The fourth-order valence-corrected chi connectivity index (χ4v) is 3.27. The number of carbonyl (C=O) groups is 2. The summed E-state index contributed by atoms with van der Waals surface area (Å²) < 4.78 is 5.06. The van der Waals surface area contributed by atoms with E-state index in [2.05, 4.69) is 22.9 Å². The zero-order valence-corrected chi connectivity index (χ0v) is 15.0. The van der Waals surface area contributed by atoms with Crippen molar-refractivity contribution in [1.82, 2.24) is 5.32 Å². The third-order valence-electron chi connectivity index (χ3n) is 4.82. The Morgan fingerprint density at radius 1 is 1.19 bits per heavy atom. The Morgan fingerprint density at radius 3 is 2.54 bits per heavy atom. The van der Waals surface area contributed by atoms with Gasteiger partial charge in [0.2, 0.25) is 5.91 Å². The zero-order chi connectivity index (χ0) is 18.4. The first-order chi connectivity index (χ1) is 12.6. The van der Waals surface area contributed by atoms with Crippen molar-refractivity contribution < 1.29 is 14.0 Å². The van der Waals surface area contributed by atoms with Gasteiger partial charge in [0.15, 0.2) is 5.76 Å². The van der Waals surface area contributed by atoms with Crippen LogP contribution < -0.4 is 16.0 Å². The summed E-state index contributed by atoms with van der Waals surface area (Å²) in [7, 11) is 0. The summed E-state index contributed by atoms with van der Waals surface area (Å²) in [5.41, 5.74) is 1.37. The molecular weight excluding hydrogens is 330 g/mol. The molecule has 6 heteroatoms. The molecular formula is C20H25N3O3. The molecule has 3 N–H and O–H groups in total. The monoisotopic (exact) mass is 355 g/mol. The van der Waals surface area contributed by atoms with Crippen molar-refractivity contribution in [3.8, 4) is 0 Å². The highest BCUT2D eigenvalue weighted by atomic mass is 16.3. The number of rotatable bonds is 6. The van der Waals surface area contributed by atoms with E-state index in [1.807, 2.05) is 0 Å². The smallest absolute Gasteiger partial charge is 0.291 e. The highest BCUT2D eigenvalue weighted by Crippen LogP contribution is 2.23. The third kappa shape index (κ3) is 4.95. The molecule has 2 aromatic rings. The molecule has 0 bridgehead atoms. The molecule has 1 aliphatic rings. The molecule has 1 fully saturated rings. The highest BCUT2D eigenvalue weighted by Gasteiger charge is 2.22. The minimum absolute atomic E-state index is 0.0236. The van der Waals surface area contributed by atoms with Crippen LogP contribution in [0.2, 0.25) is 0 Å². The van der Waals surface area contributed by atoms with Gasteiger partial charge >= 0.3 is 0 Å². The van der Waals surface area contributed by atoms with E-state index in [0.29, 0.717) is 23.9 Å². The molecule has 2 heterocycles. The molecule has 2 atom stereocenters. The maximum Gasteiger partial charge on any atom is 0.291 e. The second-order valence-electron chi connectivity index (χ2n) is 6.84. The Bertz CT molecular complexity index is 719. The molecule has 2 amide bonds. The van der Waals surface area contributed by atoms with Crippen molar-refractivity contribution in [2.75, 3.05) is 23.7 Å². The molecule has 1 aromatic heterocycles. The molecule has 0 radical (unpaired) electrons. The van der Waals surface area contributed by atoms with Gasteiger partial charge in [0.1, 0.15) is 0 Å². The van der Waals surface area contributed by atoms with Crippen molar-refractivity contribution in [3.63, 3.8) is 0 Å². The molecule has 6 nitrogen and oxygen atoms in total. The fourth-order valence-electron chi connectivity index (χ4n) is 3.27. The molecule has 0 saturated carbocycles. The largest absolute Gasteiger partial charge is 0.459 e. The lowest BCUT2D eigenvalue weighted by molar-refractivity contribution is -0.117. The molecule has 0 spiro atoms. The quantitative estimate of drug-likeness (QED) is 0.741.